The number of hydrogen-bond acceptors (Lipinski definition) is 8. The van der Waals surface area contributed by atoms with Gasteiger partial charge in [-0.3, -0.25) is 19.2 Å². The fourth-order valence-electron chi connectivity index (χ4n) is 3.37. The fraction of sp³-hybridized carbons (Fsp3) is 0.524. The molecule has 2 rings (SSSR count). The number of carbonyl (C=O) groups excluding carboxylic acids is 3. The van der Waals surface area contributed by atoms with Crippen LogP contribution in [-0.4, -0.2) is 71.5 Å². The van der Waals surface area contributed by atoms with Gasteiger partial charge in [-0.05, 0) is 37.1 Å². The molecule has 0 aliphatic carbocycles. The number of ether oxygens (including phenoxy) is 1. The predicted octanol–water partition coefficient (Wildman–Crippen LogP) is 2.05. The molecule has 1 fully saturated rings. The first-order chi connectivity index (χ1) is 16.0. The van der Waals surface area contributed by atoms with Crippen molar-refractivity contribution < 1.29 is 37.4 Å². The second-order valence-corrected chi connectivity index (χ2v) is 10.7. The third-order valence-electron chi connectivity index (χ3n) is 5.18. The lowest BCUT2D eigenvalue weighted by molar-refractivity contribution is -0.141. The lowest BCUT2D eigenvalue weighted by atomic mass is 10.1. The highest BCUT2D eigenvalue weighted by molar-refractivity contribution is 8.00. The molecule has 1 saturated heterocycles. The monoisotopic (exact) mass is 515 g/mol. The van der Waals surface area contributed by atoms with Crippen LogP contribution < -0.4 is 5.32 Å². The van der Waals surface area contributed by atoms with E-state index in [0.29, 0.717) is 23.4 Å². The number of anilines is 1. The van der Waals surface area contributed by atoms with Crippen molar-refractivity contribution in [2.75, 3.05) is 19.5 Å². The number of benzene rings is 1. The van der Waals surface area contributed by atoms with Crippen molar-refractivity contribution in [3.63, 3.8) is 0 Å². The second kappa shape index (κ2) is 12.2. The van der Waals surface area contributed by atoms with Gasteiger partial charge in [0, 0.05) is 30.5 Å². The Hall–Kier alpha value is -2.64. The Balaban J connectivity index is 2.21. The SMILES string of the molecule is CCC[C@H]1C(=O)N(C(CCC(=O)OC)Sc2ccc(NC(=O)CCC(=O)O)cc2)S(=O)(=O)N1C. The molecular weight excluding hydrogens is 486 g/mol. The molecule has 1 aliphatic rings. The summed E-state index contributed by atoms with van der Waals surface area (Å²) in [7, 11) is -1.45. The Morgan fingerprint density at radius 3 is 2.38 bits per heavy atom. The van der Waals surface area contributed by atoms with E-state index in [-0.39, 0.29) is 25.7 Å². The molecule has 188 valence electrons. The number of rotatable bonds is 12. The van der Waals surface area contributed by atoms with Crippen LogP contribution in [-0.2, 0) is 34.1 Å². The summed E-state index contributed by atoms with van der Waals surface area (Å²) >= 11 is 1.11. The molecule has 2 N–H and O–H groups in total. The first-order valence-electron chi connectivity index (χ1n) is 10.7. The zero-order chi connectivity index (χ0) is 25.5. The highest BCUT2D eigenvalue weighted by Crippen LogP contribution is 2.37. The van der Waals surface area contributed by atoms with Gasteiger partial charge in [0.1, 0.15) is 6.04 Å². The van der Waals surface area contributed by atoms with Crippen LogP contribution in [0.5, 0.6) is 0 Å². The third-order valence-corrected chi connectivity index (χ3v) is 8.49. The molecule has 1 unspecified atom stereocenters. The number of nitrogens with zero attached hydrogens (tertiary/aromatic N) is 2. The Bertz CT molecular complexity index is 1010. The minimum absolute atomic E-state index is 0.0582. The minimum Gasteiger partial charge on any atom is -0.481 e. The van der Waals surface area contributed by atoms with Crippen molar-refractivity contribution in [1.82, 2.24) is 8.61 Å². The van der Waals surface area contributed by atoms with Crippen LogP contribution >= 0.6 is 11.8 Å². The highest BCUT2D eigenvalue weighted by atomic mass is 32.2. The quantitative estimate of drug-likeness (QED) is 0.315. The van der Waals surface area contributed by atoms with Gasteiger partial charge in [-0.15, -0.1) is 0 Å². The zero-order valence-corrected chi connectivity index (χ0v) is 20.9. The molecule has 0 radical (unpaired) electrons. The first-order valence-corrected chi connectivity index (χ1v) is 12.9. The van der Waals surface area contributed by atoms with Crippen molar-refractivity contribution in [2.24, 2.45) is 0 Å². The molecule has 0 bridgehead atoms. The van der Waals surface area contributed by atoms with Gasteiger partial charge in [-0.1, -0.05) is 25.1 Å². The molecule has 0 saturated carbocycles. The van der Waals surface area contributed by atoms with E-state index in [0.717, 1.165) is 20.4 Å². The van der Waals surface area contributed by atoms with Crippen LogP contribution in [0.2, 0.25) is 0 Å². The van der Waals surface area contributed by atoms with Crippen molar-refractivity contribution in [1.29, 1.82) is 0 Å². The van der Waals surface area contributed by atoms with Crippen LogP contribution in [0.25, 0.3) is 0 Å². The highest BCUT2D eigenvalue weighted by Gasteiger charge is 2.51. The van der Waals surface area contributed by atoms with Gasteiger partial charge in [0.25, 0.3) is 5.91 Å². The zero-order valence-electron chi connectivity index (χ0n) is 19.2. The van der Waals surface area contributed by atoms with E-state index >= 15 is 0 Å². The molecule has 1 aromatic rings. The summed E-state index contributed by atoms with van der Waals surface area (Å²) in [5, 5.41) is 10.4. The summed E-state index contributed by atoms with van der Waals surface area (Å²) in [6, 6.07) is 5.67. The van der Waals surface area contributed by atoms with E-state index in [1.165, 1.54) is 14.2 Å². The fourth-order valence-corrected chi connectivity index (χ4v) is 6.41. The number of thioether (sulfide) groups is 1. The third kappa shape index (κ3) is 6.93. The molecular formula is C21H29N3O8S2. The number of aliphatic carboxylic acids is 1. The van der Waals surface area contributed by atoms with E-state index in [4.69, 9.17) is 5.11 Å². The minimum atomic E-state index is -4.06. The first kappa shape index (κ1) is 27.6. The van der Waals surface area contributed by atoms with Crippen LogP contribution in [0.15, 0.2) is 29.2 Å². The molecule has 0 aromatic heterocycles. The lowest BCUT2D eigenvalue weighted by Gasteiger charge is -2.26. The average Bonchev–Trinajstić information content (AvgIpc) is 2.95. The maximum absolute atomic E-state index is 13.0. The Kier molecular flexibility index (Phi) is 9.89. The number of methoxy groups -OCH3 is 1. The number of carbonyl (C=O) groups is 4. The predicted molar refractivity (Wildman–Crippen MR) is 125 cm³/mol. The van der Waals surface area contributed by atoms with Gasteiger partial charge in [-0.2, -0.15) is 12.7 Å². The van der Waals surface area contributed by atoms with E-state index < -0.39 is 45.4 Å². The smallest absolute Gasteiger partial charge is 0.307 e. The van der Waals surface area contributed by atoms with Crippen LogP contribution in [0.1, 0.15) is 45.4 Å². The maximum atomic E-state index is 13.0. The lowest BCUT2D eigenvalue weighted by Crippen LogP contribution is -2.40. The van der Waals surface area contributed by atoms with Gasteiger partial charge < -0.3 is 15.2 Å². The second-order valence-electron chi connectivity index (χ2n) is 7.62. The molecule has 2 amide bonds. The van der Waals surface area contributed by atoms with E-state index in [1.54, 1.807) is 24.3 Å². The number of hydrogen-bond donors (Lipinski definition) is 2. The van der Waals surface area contributed by atoms with Gasteiger partial charge in [-0.25, -0.2) is 4.31 Å². The summed E-state index contributed by atoms with van der Waals surface area (Å²) in [6.07, 6.45) is 0.547. The molecule has 2 atom stereocenters. The Labute approximate surface area is 203 Å². The molecule has 13 heteroatoms. The summed E-state index contributed by atoms with van der Waals surface area (Å²) in [6.45, 7) is 1.86. The summed E-state index contributed by atoms with van der Waals surface area (Å²) in [5.41, 5.74) is 0.443. The van der Waals surface area contributed by atoms with Crippen molar-refractivity contribution in [3.05, 3.63) is 24.3 Å². The number of carboxylic acids is 1. The number of esters is 1. The van der Waals surface area contributed by atoms with Gasteiger partial charge >= 0.3 is 22.1 Å². The van der Waals surface area contributed by atoms with Crippen molar-refractivity contribution >= 4 is 51.4 Å². The van der Waals surface area contributed by atoms with Crippen LogP contribution in [0.4, 0.5) is 5.69 Å². The average molecular weight is 516 g/mol. The van der Waals surface area contributed by atoms with Crippen LogP contribution in [0.3, 0.4) is 0 Å². The van der Waals surface area contributed by atoms with Gasteiger partial charge in [0.2, 0.25) is 5.91 Å². The number of nitrogens with one attached hydrogen (secondary N) is 1. The number of likely N-dealkylation sites (N-methyl/N-ethyl adjacent to an activating group) is 1. The molecule has 1 heterocycles. The molecule has 1 aliphatic heterocycles. The number of amides is 2. The summed E-state index contributed by atoms with van der Waals surface area (Å²) in [5.74, 6) is -2.57. The molecule has 1 aromatic carbocycles. The standard InChI is InChI=1S/C21H29N3O8S2/c1-4-5-16-21(29)24(34(30,31)23(16)2)18(11-13-20(28)32-3)33-15-8-6-14(7-9-15)22-17(25)10-12-19(26)27/h6-9,16,18H,4-5,10-13H2,1-3H3,(H,22,25)(H,26,27)/t16-,18?/m0/s1. The molecule has 34 heavy (non-hydrogen) atoms. The topological polar surface area (TPSA) is 150 Å². The molecule has 0 spiro atoms. The van der Waals surface area contributed by atoms with Crippen molar-refractivity contribution in [2.45, 2.75) is 61.8 Å². The largest absolute Gasteiger partial charge is 0.481 e. The van der Waals surface area contributed by atoms with E-state index in [2.05, 4.69) is 10.1 Å². The molecule has 11 nitrogen and oxygen atoms in total. The summed E-state index contributed by atoms with van der Waals surface area (Å²) < 4.78 is 32.7. The van der Waals surface area contributed by atoms with Gasteiger partial charge in [0.05, 0.1) is 18.9 Å². The van der Waals surface area contributed by atoms with Gasteiger partial charge in [0.15, 0.2) is 0 Å². The maximum Gasteiger partial charge on any atom is 0.307 e. The van der Waals surface area contributed by atoms with Crippen molar-refractivity contribution in [3.8, 4) is 0 Å². The Morgan fingerprint density at radius 1 is 1.18 bits per heavy atom. The Morgan fingerprint density at radius 2 is 1.82 bits per heavy atom. The summed E-state index contributed by atoms with van der Waals surface area (Å²) in [4.78, 5) is 47.8. The number of carboxylic acid groups (broad SMARTS) is 1. The van der Waals surface area contributed by atoms with E-state index in [1.807, 2.05) is 6.92 Å². The van der Waals surface area contributed by atoms with E-state index in [9.17, 15) is 27.6 Å². The van der Waals surface area contributed by atoms with Crippen LogP contribution in [0, 0.1) is 0 Å². The normalized spacial score (nSPS) is 18.5.